The van der Waals surface area contributed by atoms with Crippen molar-refractivity contribution in [2.45, 2.75) is 66.0 Å². The molecule has 2 N–H and O–H groups in total. The Morgan fingerprint density at radius 2 is 1.78 bits per heavy atom. The zero-order valence-corrected chi connectivity index (χ0v) is 15.4. The van der Waals surface area contributed by atoms with Gasteiger partial charge in [0.1, 0.15) is 5.60 Å². The lowest BCUT2D eigenvalue weighted by Gasteiger charge is -2.20. The standard InChI is InChI=1S/C19H32N2O2/c1-7-14(2)15(3)20-13-12-16-8-10-17(11-9-16)21-18(22)23-19(4,5)6/h8-11,14-15,20H,7,12-13H2,1-6H3,(H,21,22). The SMILES string of the molecule is CCC(C)C(C)NCCc1ccc(NC(=O)OC(C)(C)C)cc1. The Morgan fingerprint density at radius 1 is 1.17 bits per heavy atom. The Kier molecular flexibility index (Phi) is 7.56. The second-order valence-electron chi connectivity index (χ2n) is 7.20. The van der Waals surface area contributed by atoms with Gasteiger partial charge in [-0.1, -0.05) is 32.4 Å². The van der Waals surface area contributed by atoms with Crippen LogP contribution in [0.1, 0.15) is 53.5 Å². The molecule has 1 aromatic carbocycles. The summed E-state index contributed by atoms with van der Waals surface area (Å²) in [7, 11) is 0. The zero-order chi connectivity index (χ0) is 17.5. The summed E-state index contributed by atoms with van der Waals surface area (Å²) in [5.74, 6) is 0.690. The Morgan fingerprint density at radius 3 is 2.30 bits per heavy atom. The maximum Gasteiger partial charge on any atom is 0.412 e. The number of hydrogen-bond donors (Lipinski definition) is 2. The van der Waals surface area contributed by atoms with Gasteiger partial charge in [-0.15, -0.1) is 0 Å². The van der Waals surface area contributed by atoms with Gasteiger partial charge in [0.2, 0.25) is 0 Å². The molecule has 1 aromatic rings. The van der Waals surface area contributed by atoms with Gasteiger partial charge >= 0.3 is 6.09 Å². The van der Waals surface area contributed by atoms with Gasteiger partial charge in [0.25, 0.3) is 0 Å². The number of hydrogen-bond acceptors (Lipinski definition) is 3. The van der Waals surface area contributed by atoms with Gasteiger partial charge in [-0.2, -0.15) is 0 Å². The number of ether oxygens (including phenoxy) is 1. The summed E-state index contributed by atoms with van der Waals surface area (Å²) >= 11 is 0. The summed E-state index contributed by atoms with van der Waals surface area (Å²) in [6, 6.07) is 8.45. The van der Waals surface area contributed by atoms with E-state index in [2.05, 4.69) is 31.4 Å². The quantitative estimate of drug-likeness (QED) is 0.772. The lowest BCUT2D eigenvalue weighted by Crippen LogP contribution is -2.33. The third kappa shape index (κ3) is 8.03. The minimum Gasteiger partial charge on any atom is -0.444 e. The molecular weight excluding hydrogens is 288 g/mol. The lowest BCUT2D eigenvalue weighted by atomic mass is 10.0. The fraction of sp³-hybridized carbons (Fsp3) is 0.632. The number of rotatable bonds is 7. The largest absolute Gasteiger partial charge is 0.444 e. The lowest BCUT2D eigenvalue weighted by molar-refractivity contribution is 0.0636. The predicted octanol–water partition coefficient (Wildman–Crippen LogP) is 4.60. The van der Waals surface area contributed by atoms with E-state index in [-0.39, 0.29) is 0 Å². The zero-order valence-electron chi connectivity index (χ0n) is 15.4. The first-order valence-electron chi connectivity index (χ1n) is 8.53. The highest BCUT2D eigenvalue weighted by Crippen LogP contribution is 2.13. The van der Waals surface area contributed by atoms with E-state index in [1.165, 1.54) is 12.0 Å². The molecule has 0 aliphatic rings. The van der Waals surface area contributed by atoms with Crippen molar-refractivity contribution in [1.82, 2.24) is 5.32 Å². The first-order chi connectivity index (χ1) is 10.7. The van der Waals surface area contributed by atoms with Crippen molar-refractivity contribution in [2.75, 3.05) is 11.9 Å². The number of benzene rings is 1. The summed E-state index contributed by atoms with van der Waals surface area (Å²) < 4.78 is 5.24. The molecule has 2 unspecified atom stereocenters. The van der Waals surface area contributed by atoms with Crippen LogP contribution in [-0.2, 0) is 11.2 Å². The van der Waals surface area contributed by atoms with Crippen LogP contribution in [0.3, 0.4) is 0 Å². The van der Waals surface area contributed by atoms with Crippen LogP contribution in [0.15, 0.2) is 24.3 Å². The van der Waals surface area contributed by atoms with Crippen molar-refractivity contribution in [3.05, 3.63) is 29.8 Å². The molecule has 0 spiro atoms. The van der Waals surface area contributed by atoms with Crippen molar-refractivity contribution in [3.8, 4) is 0 Å². The molecule has 1 amide bonds. The molecule has 0 heterocycles. The molecule has 0 bridgehead atoms. The van der Waals surface area contributed by atoms with Crippen LogP contribution >= 0.6 is 0 Å². The summed E-state index contributed by atoms with van der Waals surface area (Å²) in [6.07, 6.45) is 1.75. The third-order valence-electron chi connectivity index (χ3n) is 3.98. The first-order valence-corrected chi connectivity index (χ1v) is 8.53. The molecule has 2 atom stereocenters. The number of carbonyl (C=O) groups is 1. The van der Waals surface area contributed by atoms with Crippen molar-refractivity contribution >= 4 is 11.8 Å². The van der Waals surface area contributed by atoms with Gasteiger partial charge in [0.15, 0.2) is 0 Å². The number of amides is 1. The molecule has 0 aromatic heterocycles. The number of nitrogens with one attached hydrogen (secondary N) is 2. The van der Waals surface area contributed by atoms with Crippen LogP contribution in [0.2, 0.25) is 0 Å². The molecule has 1 rings (SSSR count). The van der Waals surface area contributed by atoms with Crippen molar-refractivity contribution in [3.63, 3.8) is 0 Å². The normalized spacial score (nSPS) is 14.2. The van der Waals surface area contributed by atoms with E-state index in [1.807, 2.05) is 45.0 Å². The van der Waals surface area contributed by atoms with Crippen molar-refractivity contribution < 1.29 is 9.53 Å². The van der Waals surface area contributed by atoms with Gasteiger partial charge in [-0.25, -0.2) is 4.79 Å². The van der Waals surface area contributed by atoms with Gasteiger partial charge in [0, 0.05) is 11.7 Å². The fourth-order valence-electron chi connectivity index (χ4n) is 2.18. The summed E-state index contributed by atoms with van der Waals surface area (Å²) in [6.45, 7) is 13.2. The molecule has 0 aliphatic heterocycles. The first kappa shape index (κ1) is 19.5. The third-order valence-corrected chi connectivity index (χ3v) is 3.98. The Labute approximate surface area is 141 Å². The van der Waals surface area contributed by atoms with E-state index in [1.54, 1.807) is 0 Å². The molecule has 4 nitrogen and oxygen atoms in total. The summed E-state index contributed by atoms with van der Waals surface area (Å²) in [5.41, 5.74) is 1.52. The van der Waals surface area contributed by atoms with Crippen molar-refractivity contribution in [1.29, 1.82) is 0 Å². The highest BCUT2D eigenvalue weighted by molar-refractivity contribution is 5.84. The highest BCUT2D eigenvalue weighted by atomic mass is 16.6. The average molecular weight is 320 g/mol. The second kappa shape index (κ2) is 8.92. The Bertz CT molecular complexity index is 477. The fourth-order valence-corrected chi connectivity index (χ4v) is 2.18. The topological polar surface area (TPSA) is 50.4 Å². The van der Waals surface area contributed by atoms with E-state index >= 15 is 0 Å². The summed E-state index contributed by atoms with van der Waals surface area (Å²) in [5, 5.41) is 6.31. The van der Waals surface area contributed by atoms with Crippen LogP contribution in [0.25, 0.3) is 0 Å². The number of carbonyl (C=O) groups excluding carboxylic acids is 1. The Balaban J connectivity index is 2.40. The van der Waals surface area contributed by atoms with E-state index in [0.29, 0.717) is 12.0 Å². The minimum atomic E-state index is -0.484. The predicted molar refractivity (Wildman–Crippen MR) is 96.9 cm³/mol. The molecule has 130 valence electrons. The maximum absolute atomic E-state index is 11.7. The second-order valence-corrected chi connectivity index (χ2v) is 7.20. The smallest absolute Gasteiger partial charge is 0.412 e. The average Bonchev–Trinajstić information content (AvgIpc) is 2.46. The molecule has 0 radical (unpaired) electrons. The van der Waals surface area contributed by atoms with Crippen molar-refractivity contribution in [2.24, 2.45) is 5.92 Å². The molecule has 23 heavy (non-hydrogen) atoms. The Hall–Kier alpha value is -1.55. The van der Waals surface area contributed by atoms with Gasteiger partial charge in [-0.05, 0) is 64.3 Å². The molecule has 4 heteroatoms. The monoisotopic (exact) mass is 320 g/mol. The maximum atomic E-state index is 11.7. The summed E-state index contributed by atoms with van der Waals surface area (Å²) in [4.78, 5) is 11.7. The molecular formula is C19H32N2O2. The van der Waals surface area contributed by atoms with Crippen LogP contribution in [0.4, 0.5) is 10.5 Å². The van der Waals surface area contributed by atoms with Gasteiger partial charge in [-0.3, -0.25) is 5.32 Å². The minimum absolute atomic E-state index is 0.422. The van der Waals surface area contributed by atoms with Crippen LogP contribution < -0.4 is 10.6 Å². The molecule has 0 saturated carbocycles. The van der Waals surface area contributed by atoms with E-state index in [4.69, 9.17) is 4.74 Å². The van der Waals surface area contributed by atoms with Crippen LogP contribution in [-0.4, -0.2) is 24.3 Å². The van der Waals surface area contributed by atoms with E-state index < -0.39 is 11.7 Å². The highest BCUT2D eigenvalue weighted by Gasteiger charge is 2.16. The molecule has 0 aliphatic carbocycles. The number of anilines is 1. The van der Waals surface area contributed by atoms with Gasteiger partial charge < -0.3 is 10.1 Å². The van der Waals surface area contributed by atoms with Gasteiger partial charge in [0.05, 0.1) is 0 Å². The van der Waals surface area contributed by atoms with Crippen LogP contribution in [0.5, 0.6) is 0 Å². The van der Waals surface area contributed by atoms with E-state index in [0.717, 1.165) is 18.7 Å². The molecule has 0 saturated heterocycles. The van der Waals surface area contributed by atoms with E-state index in [9.17, 15) is 4.79 Å². The molecule has 0 fully saturated rings. The van der Waals surface area contributed by atoms with Crippen LogP contribution in [0, 0.1) is 5.92 Å².